The van der Waals surface area contributed by atoms with Crippen molar-refractivity contribution in [2.45, 2.75) is 161 Å². The minimum Gasteiger partial charge on any atom is -0.462 e. The number of rotatable bonds is 35. The van der Waals surface area contributed by atoms with Crippen LogP contribution in [0.1, 0.15) is 142 Å². The van der Waals surface area contributed by atoms with Crippen LogP contribution in [0.25, 0.3) is 0 Å². The molecule has 308 valence electrons. The van der Waals surface area contributed by atoms with Crippen molar-refractivity contribution in [3.05, 3.63) is 85.1 Å². The van der Waals surface area contributed by atoms with Crippen LogP contribution >= 0.6 is 7.82 Å². The molecule has 0 bridgehead atoms. The number of hydrogen-bond acceptors (Lipinski definition) is 8. The number of unbranched alkanes of at least 4 members (excludes halogenated alkanes) is 7. The van der Waals surface area contributed by atoms with E-state index in [1.54, 1.807) is 0 Å². The predicted molar refractivity (Wildman–Crippen MR) is 219 cm³/mol. The fourth-order valence-corrected chi connectivity index (χ4v) is 5.36. The molecule has 2 unspecified atom stereocenters. The number of allylic oxidation sites excluding steroid dienone is 13. The normalized spacial score (nSPS) is 14.6. The first-order valence-corrected chi connectivity index (χ1v) is 21.6. The number of aliphatic hydroxyl groups excluding tert-OH is 2. The molecule has 0 aromatic rings. The van der Waals surface area contributed by atoms with Crippen molar-refractivity contribution < 1.29 is 48.2 Å². The zero-order chi connectivity index (χ0) is 40.0. The van der Waals surface area contributed by atoms with Gasteiger partial charge in [0.05, 0.1) is 18.8 Å². The summed E-state index contributed by atoms with van der Waals surface area (Å²) in [6.45, 7) is 3.25. The van der Waals surface area contributed by atoms with E-state index in [0.717, 1.165) is 70.6 Å². The second-order valence-electron chi connectivity index (χ2n) is 13.2. The van der Waals surface area contributed by atoms with E-state index < -0.39 is 51.3 Å². The van der Waals surface area contributed by atoms with Crippen molar-refractivity contribution >= 4 is 19.8 Å². The number of carbonyl (C=O) groups is 2. The van der Waals surface area contributed by atoms with Crippen LogP contribution in [0.15, 0.2) is 85.1 Å². The molecule has 0 spiro atoms. The Bertz CT molecular complexity index is 1180. The minimum atomic E-state index is -4.83. The maximum absolute atomic E-state index is 12.4. The number of ether oxygens (including phenoxy) is 2. The molecule has 54 heavy (non-hydrogen) atoms. The number of esters is 2. The van der Waals surface area contributed by atoms with E-state index in [9.17, 15) is 24.4 Å². The summed E-state index contributed by atoms with van der Waals surface area (Å²) in [4.78, 5) is 42.9. The average molecular weight is 779 g/mol. The first-order valence-electron chi connectivity index (χ1n) is 20.0. The van der Waals surface area contributed by atoms with Crippen molar-refractivity contribution in [1.82, 2.24) is 0 Å². The molecular formula is C43H71O10P. The summed E-state index contributed by atoms with van der Waals surface area (Å²) in [6.07, 6.45) is 41.9. The number of phosphoric acid groups is 1. The van der Waals surface area contributed by atoms with E-state index in [0.29, 0.717) is 6.42 Å². The maximum atomic E-state index is 12.4. The Labute approximate surface area is 326 Å². The Morgan fingerprint density at radius 3 is 1.63 bits per heavy atom. The average Bonchev–Trinajstić information content (AvgIpc) is 3.13. The van der Waals surface area contributed by atoms with Crippen molar-refractivity contribution in [2.24, 2.45) is 0 Å². The quantitative estimate of drug-likeness (QED) is 0.0211. The lowest BCUT2D eigenvalue weighted by atomic mass is 10.0. The van der Waals surface area contributed by atoms with Gasteiger partial charge in [-0.1, -0.05) is 125 Å². The van der Waals surface area contributed by atoms with Gasteiger partial charge in [-0.2, -0.15) is 0 Å². The summed E-state index contributed by atoms with van der Waals surface area (Å²) in [5, 5.41) is 20.5. The second kappa shape index (κ2) is 37.1. The SMILES string of the molecule is CC/C=C\C/C=C\C/C=C\C/C=C\CCCCCCC(=O)O[C@H](COC(=O)CCCC(O)C(O)C/C=C\C/C=C\C/C=C\CCCCC)COP(=O)(O)O. The highest BCUT2D eigenvalue weighted by Gasteiger charge is 2.23. The van der Waals surface area contributed by atoms with E-state index in [2.05, 4.69) is 91.3 Å². The highest BCUT2D eigenvalue weighted by atomic mass is 31.2. The minimum absolute atomic E-state index is 0.0571. The zero-order valence-corrected chi connectivity index (χ0v) is 34.0. The summed E-state index contributed by atoms with van der Waals surface area (Å²) in [6, 6.07) is 0. The summed E-state index contributed by atoms with van der Waals surface area (Å²) >= 11 is 0. The van der Waals surface area contributed by atoms with Crippen LogP contribution in [0.2, 0.25) is 0 Å². The molecule has 0 saturated carbocycles. The summed E-state index contributed by atoms with van der Waals surface area (Å²) in [5.41, 5.74) is 0. The van der Waals surface area contributed by atoms with Crippen molar-refractivity contribution in [3.8, 4) is 0 Å². The van der Waals surface area contributed by atoms with E-state index >= 15 is 0 Å². The number of hydrogen-bond donors (Lipinski definition) is 4. The Morgan fingerprint density at radius 1 is 0.574 bits per heavy atom. The predicted octanol–water partition coefficient (Wildman–Crippen LogP) is 10.0. The Balaban J connectivity index is 4.26. The van der Waals surface area contributed by atoms with Gasteiger partial charge < -0.3 is 29.5 Å². The van der Waals surface area contributed by atoms with Crippen LogP contribution in [-0.4, -0.2) is 63.5 Å². The second-order valence-corrected chi connectivity index (χ2v) is 14.4. The number of carbonyl (C=O) groups excluding carboxylic acids is 2. The van der Waals surface area contributed by atoms with Gasteiger partial charge in [0, 0.05) is 12.8 Å². The summed E-state index contributed by atoms with van der Waals surface area (Å²) in [7, 11) is -4.83. The molecule has 0 aromatic carbocycles. The lowest BCUT2D eigenvalue weighted by Crippen LogP contribution is -2.29. The molecule has 0 amide bonds. The molecule has 0 fully saturated rings. The van der Waals surface area contributed by atoms with Gasteiger partial charge in [-0.3, -0.25) is 14.1 Å². The van der Waals surface area contributed by atoms with E-state index in [1.807, 2.05) is 12.2 Å². The first-order chi connectivity index (χ1) is 26.1. The van der Waals surface area contributed by atoms with E-state index in [1.165, 1.54) is 19.3 Å². The van der Waals surface area contributed by atoms with Gasteiger partial charge in [0.25, 0.3) is 0 Å². The molecule has 0 aliphatic carbocycles. The zero-order valence-electron chi connectivity index (χ0n) is 33.1. The molecule has 4 N–H and O–H groups in total. The molecule has 0 heterocycles. The number of aliphatic hydroxyl groups is 2. The monoisotopic (exact) mass is 778 g/mol. The molecule has 0 radical (unpaired) electrons. The molecule has 0 aliphatic rings. The van der Waals surface area contributed by atoms with Crippen molar-refractivity contribution in [1.29, 1.82) is 0 Å². The summed E-state index contributed by atoms with van der Waals surface area (Å²) < 4.78 is 26.2. The fourth-order valence-electron chi connectivity index (χ4n) is 4.99. The van der Waals surface area contributed by atoms with Crippen LogP contribution in [0, 0.1) is 0 Å². The van der Waals surface area contributed by atoms with Crippen molar-refractivity contribution in [3.63, 3.8) is 0 Å². The van der Waals surface area contributed by atoms with Crippen LogP contribution in [0.5, 0.6) is 0 Å². The van der Waals surface area contributed by atoms with Gasteiger partial charge in [0.1, 0.15) is 6.61 Å². The van der Waals surface area contributed by atoms with Crippen molar-refractivity contribution in [2.75, 3.05) is 13.2 Å². The van der Waals surface area contributed by atoms with E-state index in [4.69, 9.17) is 19.3 Å². The van der Waals surface area contributed by atoms with Gasteiger partial charge in [-0.25, -0.2) is 4.57 Å². The molecular weight excluding hydrogens is 707 g/mol. The topological polar surface area (TPSA) is 160 Å². The van der Waals surface area contributed by atoms with Crippen LogP contribution in [0.3, 0.4) is 0 Å². The number of phosphoric ester groups is 1. The van der Waals surface area contributed by atoms with Gasteiger partial charge in [0.15, 0.2) is 6.10 Å². The fraction of sp³-hybridized carbons (Fsp3) is 0.628. The lowest BCUT2D eigenvalue weighted by molar-refractivity contribution is -0.161. The Morgan fingerprint density at radius 2 is 1.07 bits per heavy atom. The van der Waals surface area contributed by atoms with Gasteiger partial charge in [0.2, 0.25) is 0 Å². The largest absolute Gasteiger partial charge is 0.469 e. The molecule has 0 aromatic heterocycles. The maximum Gasteiger partial charge on any atom is 0.469 e. The molecule has 3 atom stereocenters. The molecule has 0 aliphatic heterocycles. The standard InChI is InChI=1S/C43H71O10P/c1-3-5-7-9-11-13-15-17-18-19-20-21-23-25-27-29-31-35-43(47)53-39(38-52-54(48,49)50)37-51-42(46)36-32-34-41(45)40(44)33-30-28-26-24-22-16-14-12-10-8-6-4-2/h5,7,11-14,17-18,20-22,24,28,30,39-41,44-45H,3-4,6,8-10,15-16,19,23,25-27,29,31-38H2,1-2H3,(H2,48,49,50)/b7-5-,13-11-,14-12-,18-17-,21-20-,24-22-,30-28-/t39-,40?,41?/m1/s1. The highest BCUT2D eigenvalue weighted by Crippen LogP contribution is 2.36. The highest BCUT2D eigenvalue weighted by molar-refractivity contribution is 7.46. The molecule has 0 rings (SSSR count). The van der Waals surface area contributed by atoms with Gasteiger partial charge in [-0.15, -0.1) is 0 Å². The van der Waals surface area contributed by atoms with Gasteiger partial charge in [-0.05, 0) is 89.9 Å². The third-order valence-electron chi connectivity index (χ3n) is 8.10. The Kier molecular flexibility index (Phi) is 35.1. The van der Waals surface area contributed by atoms with E-state index in [-0.39, 0.29) is 32.1 Å². The lowest BCUT2D eigenvalue weighted by Gasteiger charge is -2.19. The van der Waals surface area contributed by atoms with Gasteiger partial charge >= 0.3 is 19.8 Å². The third kappa shape index (κ3) is 37.5. The third-order valence-corrected chi connectivity index (χ3v) is 8.58. The van der Waals surface area contributed by atoms with Crippen LogP contribution in [-0.2, 0) is 28.2 Å². The molecule has 10 nitrogen and oxygen atoms in total. The van der Waals surface area contributed by atoms with Crippen LogP contribution < -0.4 is 0 Å². The summed E-state index contributed by atoms with van der Waals surface area (Å²) in [5.74, 6) is -1.21. The Hall–Kier alpha value is -2.85. The smallest absolute Gasteiger partial charge is 0.462 e. The molecule has 11 heteroatoms. The first kappa shape index (κ1) is 51.1. The molecule has 0 saturated heterocycles. The van der Waals surface area contributed by atoms with Crippen LogP contribution in [0.4, 0.5) is 0 Å².